The van der Waals surface area contributed by atoms with Crippen LogP contribution in [-0.4, -0.2) is 52.5 Å². The molecule has 0 aromatic heterocycles. The van der Waals surface area contributed by atoms with Crippen LogP contribution >= 0.6 is 12.4 Å². The first-order chi connectivity index (χ1) is 11.3. The lowest BCUT2D eigenvalue weighted by Crippen LogP contribution is -2.30. The van der Waals surface area contributed by atoms with Crippen molar-refractivity contribution in [1.82, 2.24) is 5.32 Å². The van der Waals surface area contributed by atoms with Crippen molar-refractivity contribution in [2.75, 3.05) is 51.9 Å². The normalized spacial score (nSPS) is 14.7. The summed E-state index contributed by atoms with van der Waals surface area (Å²) in [4.78, 5) is 11.7. The first kappa shape index (κ1) is 20.7. The summed E-state index contributed by atoms with van der Waals surface area (Å²) in [6, 6.07) is 7.47. The zero-order valence-corrected chi connectivity index (χ0v) is 14.9. The molecule has 0 radical (unpaired) electrons. The number of ether oxygens (including phenoxy) is 3. The number of hydrogen-bond donors (Lipinski definition) is 2. The Morgan fingerprint density at radius 1 is 1.25 bits per heavy atom. The highest BCUT2D eigenvalue weighted by Gasteiger charge is 2.14. The van der Waals surface area contributed by atoms with Crippen molar-refractivity contribution in [3.05, 3.63) is 24.3 Å². The smallest absolute Gasteiger partial charge is 0.238 e. The summed E-state index contributed by atoms with van der Waals surface area (Å²) in [5, 5.41) is 5.84. The van der Waals surface area contributed by atoms with Gasteiger partial charge in [0.2, 0.25) is 5.91 Å². The Morgan fingerprint density at radius 3 is 2.62 bits per heavy atom. The van der Waals surface area contributed by atoms with Crippen molar-refractivity contribution in [1.29, 1.82) is 0 Å². The maximum atomic E-state index is 11.7. The molecule has 2 N–H and O–H groups in total. The zero-order chi connectivity index (χ0) is 16.3. The van der Waals surface area contributed by atoms with Crippen LogP contribution in [0.3, 0.4) is 0 Å². The third kappa shape index (κ3) is 7.97. The molecule has 1 fully saturated rings. The first-order valence-corrected chi connectivity index (χ1v) is 8.08. The van der Waals surface area contributed by atoms with Crippen molar-refractivity contribution in [3.8, 4) is 5.75 Å². The van der Waals surface area contributed by atoms with Crippen LogP contribution in [0.15, 0.2) is 24.3 Å². The van der Waals surface area contributed by atoms with Crippen molar-refractivity contribution >= 4 is 24.0 Å². The third-order valence-corrected chi connectivity index (χ3v) is 3.73. The second-order valence-corrected chi connectivity index (χ2v) is 5.61. The highest BCUT2D eigenvalue weighted by atomic mass is 35.5. The molecule has 24 heavy (non-hydrogen) atoms. The van der Waals surface area contributed by atoms with Gasteiger partial charge in [-0.05, 0) is 43.0 Å². The number of amides is 1. The minimum Gasteiger partial charge on any atom is -0.493 e. The lowest BCUT2D eigenvalue weighted by Gasteiger charge is -2.22. The van der Waals surface area contributed by atoms with Gasteiger partial charge in [-0.1, -0.05) is 0 Å². The molecular formula is C17H27ClN2O4. The van der Waals surface area contributed by atoms with Gasteiger partial charge >= 0.3 is 0 Å². The van der Waals surface area contributed by atoms with E-state index >= 15 is 0 Å². The van der Waals surface area contributed by atoms with Crippen LogP contribution < -0.4 is 15.4 Å². The molecule has 2 rings (SSSR count). The topological polar surface area (TPSA) is 68.8 Å². The fourth-order valence-corrected chi connectivity index (χ4v) is 2.34. The molecule has 0 atom stereocenters. The molecule has 1 aliphatic rings. The number of halogens is 1. The van der Waals surface area contributed by atoms with Crippen LogP contribution in [0, 0.1) is 5.92 Å². The monoisotopic (exact) mass is 358 g/mol. The van der Waals surface area contributed by atoms with E-state index < -0.39 is 0 Å². The molecule has 0 bridgehead atoms. The molecule has 7 heteroatoms. The quantitative estimate of drug-likeness (QED) is 0.661. The molecule has 0 unspecified atom stereocenters. The Hall–Kier alpha value is -1.34. The fraction of sp³-hybridized carbons (Fsp3) is 0.588. The van der Waals surface area contributed by atoms with Crippen molar-refractivity contribution in [2.24, 2.45) is 5.92 Å². The molecule has 0 saturated carbocycles. The predicted molar refractivity (Wildman–Crippen MR) is 96.1 cm³/mol. The summed E-state index contributed by atoms with van der Waals surface area (Å²) in [7, 11) is 1.63. The second kappa shape index (κ2) is 12.1. The maximum Gasteiger partial charge on any atom is 0.238 e. The van der Waals surface area contributed by atoms with Gasteiger partial charge in [-0.3, -0.25) is 4.79 Å². The first-order valence-electron chi connectivity index (χ1n) is 8.08. The number of hydrogen-bond acceptors (Lipinski definition) is 5. The summed E-state index contributed by atoms with van der Waals surface area (Å²) < 4.78 is 16.0. The Morgan fingerprint density at radius 2 is 1.96 bits per heavy atom. The molecule has 1 amide bonds. The average molecular weight is 359 g/mol. The third-order valence-electron chi connectivity index (χ3n) is 3.73. The van der Waals surface area contributed by atoms with Crippen molar-refractivity contribution < 1.29 is 19.0 Å². The average Bonchev–Trinajstić information content (AvgIpc) is 2.59. The second-order valence-electron chi connectivity index (χ2n) is 5.61. The van der Waals surface area contributed by atoms with E-state index in [4.69, 9.17) is 14.2 Å². The van der Waals surface area contributed by atoms with Gasteiger partial charge < -0.3 is 24.8 Å². The molecule has 136 valence electrons. The van der Waals surface area contributed by atoms with Crippen LogP contribution in [0.5, 0.6) is 5.75 Å². The molecule has 6 nitrogen and oxygen atoms in total. The largest absolute Gasteiger partial charge is 0.493 e. The van der Waals surface area contributed by atoms with Crippen molar-refractivity contribution in [3.63, 3.8) is 0 Å². The SMILES string of the molecule is COCCNCC(=O)Nc1ccc(OCC2CCOCC2)cc1.Cl. The Balaban J connectivity index is 0.00000288. The minimum atomic E-state index is -0.0722. The minimum absolute atomic E-state index is 0. The molecule has 1 heterocycles. The van der Waals surface area contributed by atoms with Gasteiger partial charge in [0.05, 0.1) is 19.8 Å². The summed E-state index contributed by atoms with van der Waals surface area (Å²) in [5.41, 5.74) is 0.766. The van der Waals surface area contributed by atoms with Crippen LogP contribution in [-0.2, 0) is 14.3 Å². The molecule has 1 aromatic carbocycles. The number of carbonyl (C=O) groups excluding carboxylic acids is 1. The molecular weight excluding hydrogens is 332 g/mol. The van der Waals surface area contributed by atoms with E-state index in [0.717, 1.165) is 44.1 Å². The number of anilines is 1. The molecule has 1 saturated heterocycles. The van der Waals surface area contributed by atoms with Crippen molar-refractivity contribution in [2.45, 2.75) is 12.8 Å². The van der Waals surface area contributed by atoms with Gasteiger partial charge in [0.1, 0.15) is 5.75 Å². The Labute approximate surface area is 149 Å². The summed E-state index contributed by atoms with van der Waals surface area (Å²) in [5.74, 6) is 1.32. The fourth-order valence-electron chi connectivity index (χ4n) is 2.34. The van der Waals surface area contributed by atoms with Crippen LogP contribution in [0.25, 0.3) is 0 Å². The Kier molecular flexibility index (Phi) is 10.4. The standard InChI is InChI=1S/C17H26N2O4.ClH/c1-21-11-8-18-12-17(20)19-15-2-4-16(5-3-15)23-13-14-6-9-22-10-7-14;/h2-5,14,18H,6-13H2,1H3,(H,19,20);1H. The number of benzene rings is 1. The summed E-state index contributed by atoms with van der Waals surface area (Å²) >= 11 is 0. The van der Waals surface area contributed by atoms with E-state index in [2.05, 4.69) is 10.6 Å². The lowest BCUT2D eigenvalue weighted by molar-refractivity contribution is -0.115. The summed E-state index contributed by atoms with van der Waals surface area (Å²) in [6.45, 7) is 3.90. The van der Waals surface area contributed by atoms with E-state index in [1.165, 1.54) is 0 Å². The van der Waals surface area contributed by atoms with Crippen LogP contribution in [0.4, 0.5) is 5.69 Å². The lowest BCUT2D eigenvalue weighted by atomic mass is 10.0. The van der Waals surface area contributed by atoms with E-state index in [-0.39, 0.29) is 24.9 Å². The van der Waals surface area contributed by atoms with E-state index in [9.17, 15) is 4.79 Å². The zero-order valence-electron chi connectivity index (χ0n) is 14.1. The number of nitrogens with one attached hydrogen (secondary N) is 2. The van der Waals surface area contributed by atoms with Gasteiger partial charge in [-0.25, -0.2) is 0 Å². The number of rotatable bonds is 9. The van der Waals surface area contributed by atoms with Crippen LogP contribution in [0.1, 0.15) is 12.8 Å². The number of methoxy groups -OCH3 is 1. The van der Waals surface area contributed by atoms with Crippen LogP contribution in [0.2, 0.25) is 0 Å². The molecule has 0 spiro atoms. The number of carbonyl (C=O) groups is 1. The highest BCUT2D eigenvalue weighted by Crippen LogP contribution is 2.19. The van der Waals surface area contributed by atoms with Gasteiger partial charge in [-0.15, -0.1) is 12.4 Å². The van der Waals surface area contributed by atoms with E-state index in [1.54, 1.807) is 7.11 Å². The van der Waals surface area contributed by atoms with Gasteiger partial charge in [0.25, 0.3) is 0 Å². The van der Waals surface area contributed by atoms with Gasteiger partial charge in [0.15, 0.2) is 0 Å². The predicted octanol–water partition coefficient (Wildman–Crippen LogP) is 2.09. The molecule has 1 aromatic rings. The molecule has 0 aliphatic carbocycles. The summed E-state index contributed by atoms with van der Waals surface area (Å²) in [6.07, 6.45) is 2.12. The molecule has 1 aliphatic heterocycles. The maximum absolute atomic E-state index is 11.7. The highest BCUT2D eigenvalue weighted by molar-refractivity contribution is 5.92. The van der Waals surface area contributed by atoms with Gasteiger partial charge in [0, 0.05) is 32.6 Å². The van der Waals surface area contributed by atoms with E-state index in [1.807, 2.05) is 24.3 Å². The Bertz CT molecular complexity index is 464. The van der Waals surface area contributed by atoms with E-state index in [0.29, 0.717) is 19.1 Å². The van der Waals surface area contributed by atoms with Gasteiger partial charge in [-0.2, -0.15) is 0 Å².